The molecule has 27 heavy (non-hydrogen) atoms. The van der Waals surface area contributed by atoms with Gasteiger partial charge in [0, 0.05) is 12.8 Å². The fraction of sp³-hybridized carbons (Fsp3) is 0.294. The standard InChI is InChI=1S/C17H19ClN4O2S3/c1-11-6-4-5-7-13(11)10-25-17-20-19-16(22(17)3)12(2)21-27(23,24)15-9-8-14(18)26-15/h4-9,12,21H,10H2,1-3H3. The molecule has 0 saturated carbocycles. The summed E-state index contributed by atoms with van der Waals surface area (Å²) in [6.45, 7) is 3.82. The van der Waals surface area contributed by atoms with Gasteiger partial charge >= 0.3 is 0 Å². The summed E-state index contributed by atoms with van der Waals surface area (Å²) in [5.41, 5.74) is 2.46. The largest absolute Gasteiger partial charge is 0.308 e. The van der Waals surface area contributed by atoms with Crippen LogP contribution in [0.5, 0.6) is 0 Å². The molecule has 1 atom stereocenters. The molecule has 0 fully saturated rings. The first kappa shape index (κ1) is 20.3. The normalized spacial score (nSPS) is 13.0. The van der Waals surface area contributed by atoms with Gasteiger partial charge in [0.15, 0.2) is 11.0 Å². The van der Waals surface area contributed by atoms with E-state index in [4.69, 9.17) is 11.6 Å². The molecule has 1 unspecified atom stereocenters. The molecule has 0 aliphatic heterocycles. The lowest BCUT2D eigenvalue weighted by atomic mass is 10.1. The van der Waals surface area contributed by atoms with Gasteiger partial charge in [0.1, 0.15) is 4.21 Å². The Kier molecular flexibility index (Phi) is 6.27. The summed E-state index contributed by atoms with van der Waals surface area (Å²) < 4.78 is 30.0. The summed E-state index contributed by atoms with van der Waals surface area (Å²) in [7, 11) is -1.82. The quantitative estimate of drug-likeness (QED) is 0.555. The van der Waals surface area contributed by atoms with Crippen LogP contribution in [-0.4, -0.2) is 23.2 Å². The summed E-state index contributed by atoms with van der Waals surface area (Å²) >= 11 is 8.43. The summed E-state index contributed by atoms with van der Waals surface area (Å²) in [4.78, 5) is 0. The highest BCUT2D eigenvalue weighted by molar-refractivity contribution is 7.98. The monoisotopic (exact) mass is 442 g/mol. The van der Waals surface area contributed by atoms with Crippen molar-refractivity contribution >= 4 is 44.7 Å². The number of sulfonamides is 1. The molecular weight excluding hydrogens is 424 g/mol. The van der Waals surface area contributed by atoms with E-state index in [1.807, 2.05) is 23.7 Å². The van der Waals surface area contributed by atoms with E-state index in [1.54, 1.807) is 24.8 Å². The molecular formula is C17H19ClN4O2S3. The van der Waals surface area contributed by atoms with Crippen LogP contribution in [0.2, 0.25) is 4.34 Å². The molecule has 2 heterocycles. The molecule has 0 aliphatic carbocycles. The molecule has 1 N–H and O–H groups in total. The van der Waals surface area contributed by atoms with Crippen LogP contribution in [0.1, 0.15) is 29.9 Å². The SMILES string of the molecule is Cc1ccccc1CSc1nnc(C(C)NS(=O)(=O)c2ccc(Cl)s2)n1C. The molecule has 3 aromatic rings. The lowest BCUT2D eigenvalue weighted by Crippen LogP contribution is -2.28. The van der Waals surface area contributed by atoms with Crippen LogP contribution in [0.3, 0.4) is 0 Å². The zero-order valence-electron chi connectivity index (χ0n) is 15.0. The Bertz CT molecular complexity index is 1050. The second-order valence-electron chi connectivity index (χ2n) is 6.02. The molecule has 1 aromatic carbocycles. The molecule has 0 saturated heterocycles. The molecule has 0 amide bonds. The van der Waals surface area contributed by atoms with Crippen LogP contribution in [0.25, 0.3) is 0 Å². The summed E-state index contributed by atoms with van der Waals surface area (Å²) in [5, 5.41) is 9.12. The number of thioether (sulfide) groups is 1. The van der Waals surface area contributed by atoms with Gasteiger partial charge in [-0.3, -0.25) is 0 Å². The van der Waals surface area contributed by atoms with Gasteiger partial charge in [-0.2, -0.15) is 0 Å². The number of rotatable bonds is 7. The molecule has 2 aromatic heterocycles. The maximum absolute atomic E-state index is 12.5. The van der Waals surface area contributed by atoms with E-state index in [1.165, 1.54) is 17.2 Å². The van der Waals surface area contributed by atoms with Crippen LogP contribution in [-0.2, 0) is 22.8 Å². The van der Waals surface area contributed by atoms with Gasteiger partial charge in [-0.05, 0) is 37.1 Å². The molecule has 0 spiro atoms. The fourth-order valence-corrected chi connectivity index (χ4v) is 6.22. The minimum absolute atomic E-state index is 0.177. The first-order valence-corrected chi connectivity index (χ1v) is 11.8. The lowest BCUT2D eigenvalue weighted by Gasteiger charge is -2.13. The van der Waals surface area contributed by atoms with Crippen LogP contribution >= 0.6 is 34.7 Å². The van der Waals surface area contributed by atoms with Crippen molar-refractivity contribution in [3.8, 4) is 0 Å². The smallest absolute Gasteiger partial charge is 0.250 e. The van der Waals surface area contributed by atoms with E-state index in [-0.39, 0.29) is 4.21 Å². The fourth-order valence-electron chi connectivity index (χ4n) is 2.53. The van der Waals surface area contributed by atoms with Crippen molar-refractivity contribution < 1.29 is 8.42 Å². The van der Waals surface area contributed by atoms with Crippen molar-refractivity contribution in [1.29, 1.82) is 0 Å². The average Bonchev–Trinajstić information content (AvgIpc) is 3.20. The third-order valence-corrected chi connectivity index (χ3v) is 8.35. The number of nitrogens with zero attached hydrogens (tertiary/aromatic N) is 3. The van der Waals surface area contributed by atoms with Gasteiger partial charge in [0.25, 0.3) is 10.0 Å². The maximum atomic E-state index is 12.5. The Balaban J connectivity index is 1.71. The van der Waals surface area contributed by atoms with E-state index in [9.17, 15) is 8.42 Å². The first-order chi connectivity index (χ1) is 12.8. The molecule has 0 bridgehead atoms. The van der Waals surface area contributed by atoms with Gasteiger partial charge in [-0.1, -0.05) is 47.6 Å². The number of benzene rings is 1. The van der Waals surface area contributed by atoms with Crippen molar-refractivity contribution in [2.45, 2.75) is 35.0 Å². The van der Waals surface area contributed by atoms with Crippen molar-refractivity contribution in [3.63, 3.8) is 0 Å². The number of hydrogen-bond donors (Lipinski definition) is 1. The van der Waals surface area contributed by atoms with Gasteiger partial charge < -0.3 is 4.57 Å². The zero-order chi connectivity index (χ0) is 19.6. The van der Waals surface area contributed by atoms with Crippen molar-refractivity contribution in [2.24, 2.45) is 7.05 Å². The molecule has 144 valence electrons. The molecule has 0 radical (unpaired) electrons. The van der Waals surface area contributed by atoms with Crippen LogP contribution in [0.15, 0.2) is 45.8 Å². The highest BCUT2D eigenvalue weighted by atomic mass is 35.5. The van der Waals surface area contributed by atoms with E-state index in [0.29, 0.717) is 10.2 Å². The Labute approximate surface area is 172 Å². The Morgan fingerprint density at radius 1 is 1.26 bits per heavy atom. The second kappa shape index (κ2) is 8.32. The first-order valence-electron chi connectivity index (χ1n) is 8.12. The van der Waals surface area contributed by atoms with E-state index >= 15 is 0 Å². The molecule has 3 rings (SSSR count). The average molecular weight is 443 g/mol. The molecule has 10 heteroatoms. The van der Waals surface area contributed by atoms with Gasteiger partial charge in [0.2, 0.25) is 0 Å². The van der Waals surface area contributed by atoms with Gasteiger partial charge in [-0.25, -0.2) is 13.1 Å². The van der Waals surface area contributed by atoms with Crippen LogP contribution in [0, 0.1) is 6.92 Å². The maximum Gasteiger partial charge on any atom is 0.250 e. The second-order valence-corrected chi connectivity index (χ2v) is 10.6. The minimum atomic E-state index is -3.66. The summed E-state index contributed by atoms with van der Waals surface area (Å²) in [5.74, 6) is 1.32. The van der Waals surface area contributed by atoms with Gasteiger partial charge in [-0.15, -0.1) is 21.5 Å². The van der Waals surface area contributed by atoms with Crippen molar-refractivity contribution in [3.05, 3.63) is 57.7 Å². The van der Waals surface area contributed by atoms with Crippen LogP contribution in [0.4, 0.5) is 0 Å². The Morgan fingerprint density at radius 3 is 2.67 bits per heavy atom. The van der Waals surface area contributed by atoms with Crippen LogP contribution < -0.4 is 4.72 Å². The zero-order valence-corrected chi connectivity index (χ0v) is 18.2. The lowest BCUT2D eigenvalue weighted by molar-refractivity contribution is 0.552. The third-order valence-electron chi connectivity index (χ3n) is 4.02. The third kappa shape index (κ3) is 4.72. The number of thiophene rings is 1. The number of aromatic nitrogens is 3. The number of halogens is 1. The Morgan fingerprint density at radius 2 is 2.00 bits per heavy atom. The van der Waals surface area contributed by atoms with E-state index in [2.05, 4.69) is 34.0 Å². The highest BCUT2D eigenvalue weighted by Gasteiger charge is 2.24. The van der Waals surface area contributed by atoms with E-state index in [0.717, 1.165) is 22.2 Å². The topological polar surface area (TPSA) is 76.9 Å². The predicted molar refractivity (Wildman–Crippen MR) is 110 cm³/mol. The number of hydrogen-bond acceptors (Lipinski definition) is 6. The Hall–Kier alpha value is -1.39. The van der Waals surface area contributed by atoms with Crippen molar-refractivity contribution in [1.82, 2.24) is 19.5 Å². The van der Waals surface area contributed by atoms with Crippen molar-refractivity contribution in [2.75, 3.05) is 0 Å². The highest BCUT2D eigenvalue weighted by Crippen LogP contribution is 2.28. The molecule has 6 nitrogen and oxygen atoms in total. The van der Waals surface area contributed by atoms with E-state index < -0.39 is 16.1 Å². The minimum Gasteiger partial charge on any atom is -0.308 e. The summed E-state index contributed by atoms with van der Waals surface area (Å²) in [6, 6.07) is 10.7. The number of nitrogens with one attached hydrogen (secondary N) is 1. The summed E-state index contributed by atoms with van der Waals surface area (Å²) in [6.07, 6.45) is 0. The predicted octanol–water partition coefficient (Wildman–Crippen LogP) is 4.17. The van der Waals surface area contributed by atoms with Gasteiger partial charge in [0.05, 0.1) is 10.4 Å². The molecule has 0 aliphatic rings. The number of aryl methyl sites for hydroxylation is 1.